The second-order valence-electron chi connectivity index (χ2n) is 7.84. The van der Waals surface area contributed by atoms with E-state index >= 15 is 0 Å². The monoisotopic (exact) mass is 413 g/mol. The van der Waals surface area contributed by atoms with Crippen LogP contribution in [0.4, 0.5) is 5.00 Å². The minimum Gasteiger partial charge on any atom is -0.379 e. The fourth-order valence-corrected chi connectivity index (χ4v) is 6.38. The second-order valence-corrected chi connectivity index (χ2v) is 9.34. The van der Waals surface area contributed by atoms with Crippen molar-refractivity contribution in [2.75, 3.05) is 44.7 Å². The SMILES string of the molecule is S=C1Nc2sc3c(c2C(c2ccccc2)N1CCN1CCOCC1)CCCC3. The van der Waals surface area contributed by atoms with Crippen LogP contribution in [-0.4, -0.2) is 54.3 Å². The van der Waals surface area contributed by atoms with Crippen LogP contribution in [0.1, 0.15) is 40.5 Å². The van der Waals surface area contributed by atoms with Crippen LogP contribution in [-0.2, 0) is 17.6 Å². The van der Waals surface area contributed by atoms with E-state index in [0.717, 1.165) is 44.5 Å². The molecule has 0 saturated carbocycles. The number of hydrogen-bond acceptors (Lipinski definition) is 4. The second kappa shape index (κ2) is 8.11. The van der Waals surface area contributed by atoms with E-state index in [1.54, 1.807) is 10.4 Å². The van der Waals surface area contributed by atoms with Crippen molar-refractivity contribution in [1.82, 2.24) is 9.80 Å². The van der Waals surface area contributed by atoms with E-state index in [1.165, 1.54) is 41.8 Å². The third kappa shape index (κ3) is 3.47. The fraction of sp³-hybridized carbons (Fsp3) is 0.500. The Morgan fingerprint density at radius 3 is 2.68 bits per heavy atom. The molecule has 5 rings (SSSR count). The molecule has 3 heterocycles. The predicted octanol–water partition coefficient (Wildman–Crippen LogP) is 4.06. The Balaban J connectivity index is 1.50. The first-order valence-corrected chi connectivity index (χ1v) is 11.6. The molecule has 2 aliphatic heterocycles. The third-order valence-electron chi connectivity index (χ3n) is 6.15. The van der Waals surface area contributed by atoms with E-state index in [-0.39, 0.29) is 6.04 Å². The van der Waals surface area contributed by atoms with Crippen LogP contribution < -0.4 is 5.32 Å². The van der Waals surface area contributed by atoms with E-state index in [1.807, 2.05) is 11.3 Å². The fourth-order valence-electron chi connectivity index (χ4n) is 4.70. The van der Waals surface area contributed by atoms with Crippen LogP contribution in [0.5, 0.6) is 0 Å². The zero-order chi connectivity index (χ0) is 18.9. The highest BCUT2D eigenvalue weighted by Crippen LogP contribution is 2.47. The van der Waals surface area contributed by atoms with Crippen LogP contribution in [0, 0.1) is 0 Å². The first kappa shape index (κ1) is 18.6. The molecule has 1 N–H and O–H groups in total. The van der Waals surface area contributed by atoms with Gasteiger partial charge < -0.3 is 15.0 Å². The zero-order valence-electron chi connectivity index (χ0n) is 16.2. The predicted molar refractivity (Wildman–Crippen MR) is 119 cm³/mol. The molecule has 0 bridgehead atoms. The lowest BCUT2D eigenvalue weighted by molar-refractivity contribution is 0.0352. The standard InChI is InChI=1S/C22H27N3OS2/c27-22-23-21-19(17-8-4-5-9-18(17)28-21)20(16-6-2-1-3-7-16)25(22)11-10-24-12-14-26-15-13-24/h1-3,6-7,20H,4-5,8-15H2,(H,23,27). The van der Waals surface area contributed by atoms with Crippen LogP contribution in [0.2, 0.25) is 0 Å². The quantitative estimate of drug-likeness (QED) is 0.763. The summed E-state index contributed by atoms with van der Waals surface area (Å²) in [6.45, 7) is 5.68. The molecule has 1 aliphatic carbocycles. The Bertz CT molecular complexity index is 845. The molecule has 0 radical (unpaired) electrons. The lowest BCUT2D eigenvalue weighted by Crippen LogP contribution is -2.47. The molecule has 1 atom stereocenters. The van der Waals surface area contributed by atoms with E-state index in [2.05, 4.69) is 45.4 Å². The van der Waals surface area contributed by atoms with Gasteiger partial charge in [-0.1, -0.05) is 30.3 Å². The van der Waals surface area contributed by atoms with Gasteiger partial charge in [-0.25, -0.2) is 0 Å². The van der Waals surface area contributed by atoms with Gasteiger partial charge in [0.2, 0.25) is 0 Å². The summed E-state index contributed by atoms with van der Waals surface area (Å²) in [7, 11) is 0. The van der Waals surface area contributed by atoms with Crippen molar-refractivity contribution in [3.05, 3.63) is 51.9 Å². The maximum absolute atomic E-state index is 5.87. The van der Waals surface area contributed by atoms with Crippen LogP contribution in [0.15, 0.2) is 30.3 Å². The molecule has 148 valence electrons. The lowest BCUT2D eigenvalue weighted by atomic mass is 9.88. The summed E-state index contributed by atoms with van der Waals surface area (Å²) in [5, 5.41) is 5.74. The van der Waals surface area contributed by atoms with Gasteiger partial charge in [0, 0.05) is 36.6 Å². The molecule has 0 spiro atoms. The van der Waals surface area contributed by atoms with Crippen molar-refractivity contribution in [2.45, 2.75) is 31.7 Å². The molecule has 6 heteroatoms. The topological polar surface area (TPSA) is 27.7 Å². The number of aryl methyl sites for hydroxylation is 1. The van der Waals surface area contributed by atoms with Gasteiger partial charge in [-0.15, -0.1) is 11.3 Å². The van der Waals surface area contributed by atoms with Crippen LogP contribution >= 0.6 is 23.6 Å². The molecule has 1 aromatic carbocycles. The van der Waals surface area contributed by atoms with Gasteiger partial charge in [0.1, 0.15) is 5.00 Å². The molecule has 28 heavy (non-hydrogen) atoms. The number of benzene rings is 1. The Hall–Kier alpha value is -1.47. The average Bonchev–Trinajstić information content (AvgIpc) is 3.11. The lowest BCUT2D eigenvalue weighted by Gasteiger charge is -2.40. The number of rotatable bonds is 4. The summed E-state index contributed by atoms with van der Waals surface area (Å²) in [6, 6.07) is 11.2. The molecular weight excluding hydrogens is 386 g/mol. The molecule has 0 amide bonds. The summed E-state index contributed by atoms with van der Waals surface area (Å²) in [4.78, 5) is 6.49. The molecule has 1 unspecified atom stereocenters. The van der Waals surface area contributed by atoms with Gasteiger partial charge in [0.15, 0.2) is 5.11 Å². The van der Waals surface area contributed by atoms with Crippen molar-refractivity contribution >= 4 is 33.7 Å². The number of ether oxygens (including phenoxy) is 1. The van der Waals surface area contributed by atoms with Gasteiger partial charge in [0.25, 0.3) is 0 Å². The van der Waals surface area contributed by atoms with E-state index in [0.29, 0.717) is 0 Å². The number of hydrogen-bond donors (Lipinski definition) is 1. The van der Waals surface area contributed by atoms with E-state index in [9.17, 15) is 0 Å². The molecule has 2 aromatic rings. The molecule has 1 aromatic heterocycles. The number of nitrogens with one attached hydrogen (secondary N) is 1. The number of anilines is 1. The van der Waals surface area contributed by atoms with Gasteiger partial charge in [0.05, 0.1) is 19.3 Å². The van der Waals surface area contributed by atoms with Crippen molar-refractivity contribution in [3.8, 4) is 0 Å². The third-order valence-corrected chi connectivity index (χ3v) is 7.71. The molecule has 1 saturated heterocycles. The van der Waals surface area contributed by atoms with Gasteiger partial charge in [-0.2, -0.15) is 0 Å². The van der Waals surface area contributed by atoms with Gasteiger partial charge in [-0.05, 0) is 49.0 Å². The minimum atomic E-state index is 0.226. The number of nitrogens with zero attached hydrogens (tertiary/aromatic N) is 2. The summed E-state index contributed by atoms with van der Waals surface area (Å²) >= 11 is 7.80. The van der Waals surface area contributed by atoms with Crippen LogP contribution in [0.25, 0.3) is 0 Å². The minimum absolute atomic E-state index is 0.226. The van der Waals surface area contributed by atoms with E-state index in [4.69, 9.17) is 17.0 Å². The number of thiophene rings is 1. The zero-order valence-corrected chi connectivity index (χ0v) is 17.8. The first-order valence-electron chi connectivity index (χ1n) is 10.4. The highest BCUT2D eigenvalue weighted by molar-refractivity contribution is 7.80. The summed E-state index contributed by atoms with van der Waals surface area (Å²) < 4.78 is 5.51. The smallest absolute Gasteiger partial charge is 0.174 e. The Morgan fingerprint density at radius 1 is 1.07 bits per heavy atom. The Labute approximate surface area is 176 Å². The normalized spacial score (nSPS) is 22.5. The van der Waals surface area contributed by atoms with Crippen LogP contribution in [0.3, 0.4) is 0 Å². The van der Waals surface area contributed by atoms with Gasteiger partial charge in [-0.3, -0.25) is 4.90 Å². The van der Waals surface area contributed by atoms with Crippen molar-refractivity contribution in [2.24, 2.45) is 0 Å². The highest BCUT2D eigenvalue weighted by atomic mass is 32.1. The first-order chi connectivity index (χ1) is 13.8. The van der Waals surface area contributed by atoms with Crippen molar-refractivity contribution < 1.29 is 4.74 Å². The summed E-state index contributed by atoms with van der Waals surface area (Å²) in [5.41, 5.74) is 4.42. The van der Waals surface area contributed by atoms with E-state index < -0.39 is 0 Å². The summed E-state index contributed by atoms with van der Waals surface area (Å²) in [5.74, 6) is 0. The van der Waals surface area contributed by atoms with Crippen molar-refractivity contribution in [3.63, 3.8) is 0 Å². The number of thiocarbonyl (C=S) groups is 1. The van der Waals surface area contributed by atoms with Gasteiger partial charge >= 0.3 is 0 Å². The number of morpholine rings is 1. The molecule has 4 nitrogen and oxygen atoms in total. The molecule has 3 aliphatic rings. The largest absolute Gasteiger partial charge is 0.379 e. The number of fused-ring (bicyclic) bond motifs is 3. The maximum atomic E-state index is 5.87. The Kier molecular flexibility index (Phi) is 5.37. The highest BCUT2D eigenvalue weighted by Gasteiger charge is 2.36. The molecule has 1 fully saturated rings. The summed E-state index contributed by atoms with van der Waals surface area (Å²) in [6.07, 6.45) is 5.04. The molecular formula is C22H27N3OS2. The van der Waals surface area contributed by atoms with Crippen molar-refractivity contribution in [1.29, 1.82) is 0 Å². The maximum Gasteiger partial charge on any atom is 0.174 e. The Morgan fingerprint density at radius 2 is 1.86 bits per heavy atom. The average molecular weight is 414 g/mol.